The Labute approximate surface area is 157 Å². The highest BCUT2D eigenvalue weighted by Gasteiger charge is 2.19. The number of rotatable bonds is 6. The third kappa shape index (κ3) is 3.61. The zero-order chi connectivity index (χ0) is 18.7. The molecule has 0 amide bonds. The maximum atomic E-state index is 6.00. The molecule has 0 fully saturated rings. The summed E-state index contributed by atoms with van der Waals surface area (Å²) in [5.74, 6) is 0.177. The van der Waals surface area contributed by atoms with E-state index in [2.05, 4.69) is 70.2 Å². The lowest BCUT2D eigenvalue weighted by Gasteiger charge is -2.24. The Balaban J connectivity index is 1.89. The Morgan fingerprint density at radius 3 is 2.27 bits per heavy atom. The summed E-state index contributed by atoms with van der Waals surface area (Å²) < 4.78 is 5.22. The molecule has 0 aliphatic heterocycles. The van der Waals surface area contributed by atoms with Gasteiger partial charge in [-0.1, -0.05) is 63.2 Å². The molecule has 0 aliphatic carbocycles. The molecule has 0 radical (unpaired) electrons. The lowest BCUT2D eigenvalue weighted by atomic mass is 9.80. The summed E-state index contributed by atoms with van der Waals surface area (Å²) in [6, 6.07) is 17.6. The van der Waals surface area contributed by atoms with Crippen LogP contribution in [0.5, 0.6) is 0 Å². The number of aryl methyl sites for hydroxylation is 1. The largest absolute Gasteiger partial charge is 0.472 e. The molecule has 136 valence electrons. The van der Waals surface area contributed by atoms with Crippen LogP contribution in [-0.4, -0.2) is 6.54 Å². The number of hydrogen-bond acceptors (Lipinski definition) is 2. The SMILES string of the molecule is CCC(C)(C)c1ccc(-c2ccc(C(CN)c3ccoc3)cc2)c(C)c1. The van der Waals surface area contributed by atoms with Gasteiger partial charge in [0.25, 0.3) is 0 Å². The summed E-state index contributed by atoms with van der Waals surface area (Å²) in [5.41, 5.74) is 13.8. The quantitative estimate of drug-likeness (QED) is 0.591. The third-order valence-electron chi connectivity index (χ3n) is 5.70. The summed E-state index contributed by atoms with van der Waals surface area (Å²) in [7, 11) is 0. The molecule has 2 aromatic carbocycles. The van der Waals surface area contributed by atoms with Gasteiger partial charge in [0.05, 0.1) is 12.5 Å². The van der Waals surface area contributed by atoms with Gasteiger partial charge in [0.1, 0.15) is 0 Å². The van der Waals surface area contributed by atoms with E-state index in [9.17, 15) is 0 Å². The minimum atomic E-state index is 0.177. The summed E-state index contributed by atoms with van der Waals surface area (Å²) in [6.07, 6.45) is 4.62. The molecule has 26 heavy (non-hydrogen) atoms. The standard InChI is InChI=1S/C24H29NO/c1-5-24(3,4)21-10-11-22(17(2)14-21)18-6-8-19(9-7-18)23(15-25)20-12-13-26-16-20/h6-14,16,23H,5,15,25H2,1-4H3. The molecule has 1 unspecified atom stereocenters. The van der Waals surface area contributed by atoms with Gasteiger partial charge in [-0.25, -0.2) is 0 Å². The Morgan fingerprint density at radius 2 is 1.73 bits per heavy atom. The smallest absolute Gasteiger partial charge is 0.0941 e. The molecule has 0 aliphatic rings. The van der Waals surface area contributed by atoms with E-state index in [0.717, 1.165) is 12.0 Å². The highest BCUT2D eigenvalue weighted by molar-refractivity contribution is 5.68. The Hall–Kier alpha value is -2.32. The molecule has 2 heteroatoms. The number of furan rings is 1. The highest BCUT2D eigenvalue weighted by atomic mass is 16.3. The van der Waals surface area contributed by atoms with Gasteiger partial charge in [0.15, 0.2) is 0 Å². The van der Waals surface area contributed by atoms with Gasteiger partial charge in [0, 0.05) is 12.5 Å². The van der Waals surface area contributed by atoms with Gasteiger partial charge in [-0.05, 0) is 58.2 Å². The van der Waals surface area contributed by atoms with Crippen molar-refractivity contribution in [3.05, 3.63) is 83.3 Å². The predicted octanol–water partition coefficient (Wildman–Crippen LogP) is 6.03. The van der Waals surface area contributed by atoms with Crippen molar-refractivity contribution < 1.29 is 4.42 Å². The van der Waals surface area contributed by atoms with Gasteiger partial charge < -0.3 is 10.2 Å². The van der Waals surface area contributed by atoms with Crippen LogP contribution in [0.1, 0.15) is 55.4 Å². The van der Waals surface area contributed by atoms with Gasteiger partial charge in [-0.2, -0.15) is 0 Å². The van der Waals surface area contributed by atoms with E-state index in [1.807, 2.05) is 6.07 Å². The van der Waals surface area contributed by atoms with Crippen molar-refractivity contribution in [1.82, 2.24) is 0 Å². The predicted molar refractivity (Wildman–Crippen MR) is 110 cm³/mol. The van der Waals surface area contributed by atoms with Crippen molar-refractivity contribution in [3.8, 4) is 11.1 Å². The van der Waals surface area contributed by atoms with Crippen LogP contribution in [0.3, 0.4) is 0 Å². The normalized spacial score (nSPS) is 13.0. The van der Waals surface area contributed by atoms with Crippen molar-refractivity contribution in [3.63, 3.8) is 0 Å². The first-order valence-corrected chi connectivity index (χ1v) is 9.40. The third-order valence-corrected chi connectivity index (χ3v) is 5.70. The second-order valence-electron chi connectivity index (χ2n) is 7.73. The van der Waals surface area contributed by atoms with Crippen molar-refractivity contribution in [2.45, 2.75) is 45.4 Å². The van der Waals surface area contributed by atoms with Gasteiger partial charge in [-0.3, -0.25) is 0 Å². The highest BCUT2D eigenvalue weighted by Crippen LogP contribution is 2.32. The van der Waals surface area contributed by atoms with Crippen LogP contribution in [0.15, 0.2) is 65.5 Å². The minimum Gasteiger partial charge on any atom is -0.472 e. The first-order chi connectivity index (χ1) is 12.5. The monoisotopic (exact) mass is 347 g/mol. The van der Waals surface area contributed by atoms with Crippen molar-refractivity contribution >= 4 is 0 Å². The fourth-order valence-electron chi connectivity index (χ4n) is 3.45. The zero-order valence-corrected chi connectivity index (χ0v) is 16.3. The summed E-state index contributed by atoms with van der Waals surface area (Å²) >= 11 is 0. The molecule has 0 saturated heterocycles. The Morgan fingerprint density at radius 1 is 1.00 bits per heavy atom. The van der Waals surface area contributed by atoms with Crippen LogP contribution in [-0.2, 0) is 5.41 Å². The molecular weight excluding hydrogens is 318 g/mol. The Kier molecular flexibility index (Phi) is 5.33. The molecule has 1 heterocycles. The van der Waals surface area contributed by atoms with Crippen LogP contribution >= 0.6 is 0 Å². The molecule has 2 N–H and O–H groups in total. The van der Waals surface area contributed by atoms with E-state index in [0.29, 0.717) is 6.54 Å². The average Bonchev–Trinajstić information content (AvgIpc) is 3.17. The van der Waals surface area contributed by atoms with Crippen LogP contribution in [0, 0.1) is 6.92 Å². The summed E-state index contributed by atoms with van der Waals surface area (Å²) in [5, 5.41) is 0. The molecule has 3 rings (SSSR count). The van der Waals surface area contributed by atoms with E-state index >= 15 is 0 Å². The molecule has 1 aromatic heterocycles. The Bertz CT molecular complexity index is 844. The maximum absolute atomic E-state index is 6.00. The van der Waals surface area contributed by atoms with Crippen LogP contribution in [0.25, 0.3) is 11.1 Å². The lowest BCUT2D eigenvalue weighted by molar-refractivity contribution is 0.506. The van der Waals surface area contributed by atoms with E-state index in [1.54, 1.807) is 12.5 Å². The summed E-state index contributed by atoms with van der Waals surface area (Å²) in [4.78, 5) is 0. The topological polar surface area (TPSA) is 39.2 Å². The van der Waals surface area contributed by atoms with Crippen molar-refractivity contribution in [2.24, 2.45) is 5.73 Å². The first-order valence-electron chi connectivity index (χ1n) is 9.40. The molecule has 1 atom stereocenters. The van der Waals surface area contributed by atoms with Gasteiger partial charge >= 0.3 is 0 Å². The van der Waals surface area contributed by atoms with Gasteiger partial charge in [-0.15, -0.1) is 0 Å². The second-order valence-corrected chi connectivity index (χ2v) is 7.73. The lowest BCUT2D eigenvalue weighted by Crippen LogP contribution is -2.15. The van der Waals surface area contributed by atoms with Crippen molar-refractivity contribution in [2.75, 3.05) is 6.54 Å². The summed E-state index contributed by atoms with van der Waals surface area (Å²) in [6.45, 7) is 9.62. The number of nitrogens with two attached hydrogens (primary N) is 1. The molecule has 0 saturated carbocycles. The fraction of sp³-hybridized carbons (Fsp3) is 0.333. The zero-order valence-electron chi connectivity index (χ0n) is 16.3. The van der Waals surface area contributed by atoms with E-state index in [4.69, 9.17) is 10.2 Å². The minimum absolute atomic E-state index is 0.177. The molecule has 0 bridgehead atoms. The van der Waals surface area contributed by atoms with Crippen molar-refractivity contribution in [1.29, 1.82) is 0 Å². The van der Waals surface area contributed by atoms with Gasteiger partial charge in [0.2, 0.25) is 0 Å². The van der Waals surface area contributed by atoms with E-state index < -0.39 is 0 Å². The number of hydrogen-bond donors (Lipinski definition) is 1. The van der Waals surface area contributed by atoms with Crippen LogP contribution in [0.4, 0.5) is 0 Å². The number of benzene rings is 2. The molecule has 2 nitrogen and oxygen atoms in total. The average molecular weight is 348 g/mol. The first kappa shape index (κ1) is 18.5. The molecular formula is C24H29NO. The van der Waals surface area contributed by atoms with Crippen LogP contribution < -0.4 is 5.73 Å². The molecule has 0 spiro atoms. The fourth-order valence-corrected chi connectivity index (χ4v) is 3.45. The van der Waals surface area contributed by atoms with Crippen LogP contribution in [0.2, 0.25) is 0 Å². The van der Waals surface area contributed by atoms with E-state index in [-0.39, 0.29) is 11.3 Å². The second kappa shape index (κ2) is 7.51. The maximum Gasteiger partial charge on any atom is 0.0941 e. The molecule has 3 aromatic rings. The van der Waals surface area contributed by atoms with E-state index in [1.165, 1.54) is 27.8 Å².